The third kappa shape index (κ3) is 2.30. The maximum atomic E-state index is 12.7. The van der Waals surface area contributed by atoms with Crippen molar-refractivity contribution in [3.8, 4) is 17.5 Å². The van der Waals surface area contributed by atoms with Crippen LogP contribution in [0.15, 0.2) is 39.9 Å². The second kappa shape index (κ2) is 5.50. The second-order valence-electron chi connectivity index (χ2n) is 5.07. The van der Waals surface area contributed by atoms with Gasteiger partial charge in [-0.05, 0) is 31.2 Å². The van der Waals surface area contributed by atoms with Crippen molar-refractivity contribution in [3.05, 3.63) is 56.7 Å². The number of rotatable bonds is 3. The standard InChI is InChI=1S/C16H14N4O3/c1-10-9-13(21)14-15(18-10)20(16(22)19(14)8-7-17)11-3-5-12(23-2)6-4-11/h3-6,9H,8H2,1-2H3,(H,18,21). The minimum Gasteiger partial charge on any atom is -0.497 e. The van der Waals surface area contributed by atoms with E-state index >= 15 is 0 Å². The topological polar surface area (TPSA) is 92.8 Å². The Morgan fingerprint density at radius 2 is 1.96 bits per heavy atom. The Morgan fingerprint density at radius 1 is 1.26 bits per heavy atom. The minimum absolute atomic E-state index is 0.190. The molecule has 2 heterocycles. The molecule has 0 unspecified atom stereocenters. The maximum absolute atomic E-state index is 12.7. The number of nitrogens with one attached hydrogen (secondary N) is 1. The van der Waals surface area contributed by atoms with E-state index < -0.39 is 5.69 Å². The van der Waals surface area contributed by atoms with Crippen LogP contribution in [0.5, 0.6) is 5.75 Å². The molecule has 0 aliphatic rings. The van der Waals surface area contributed by atoms with Gasteiger partial charge in [-0.3, -0.25) is 9.36 Å². The highest BCUT2D eigenvalue weighted by molar-refractivity contribution is 5.74. The molecule has 0 saturated heterocycles. The molecule has 0 atom stereocenters. The van der Waals surface area contributed by atoms with Crippen LogP contribution in [0.2, 0.25) is 0 Å². The van der Waals surface area contributed by atoms with E-state index in [1.165, 1.54) is 15.2 Å². The van der Waals surface area contributed by atoms with Gasteiger partial charge in [0.05, 0.1) is 18.9 Å². The van der Waals surface area contributed by atoms with Crippen molar-refractivity contribution in [3.63, 3.8) is 0 Å². The van der Waals surface area contributed by atoms with E-state index in [1.807, 2.05) is 6.07 Å². The fraction of sp³-hybridized carbons (Fsp3) is 0.188. The van der Waals surface area contributed by atoms with Gasteiger partial charge in [0.25, 0.3) is 0 Å². The second-order valence-corrected chi connectivity index (χ2v) is 5.07. The summed E-state index contributed by atoms with van der Waals surface area (Å²) >= 11 is 0. The largest absolute Gasteiger partial charge is 0.497 e. The number of H-pyrrole nitrogens is 1. The predicted molar refractivity (Wildman–Crippen MR) is 85.1 cm³/mol. The smallest absolute Gasteiger partial charge is 0.335 e. The summed E-state index contributed by atoms with van der Waals surface area (Å²) in [4.78, 5) is 28.0. The summed E-state index contributed by atoms with van der Waals surface area (Å²) in [5.41, 5.74) is 1.05. The number of nitriles is 1. The van der Waals surface area contributed by atoms with E-state index in [2.05, 4.69) is 4.98 Å². The van der Waals surface area contributed by atoms with E-state index in [0.29, 0.717) is 22.8 Å². The highest BCUT2D eigenvalue weighted by Crippen LogP contribution is 2.17. The van der Waals surface area contributed by atoms with Crippen molar-refractivity contribution in [2.24, 2.45) is 0 Å². The third-order valence-corrected chi connectivity index (χ3v) is 3.60. The first-order valence-electron chi connectivity index (χ1n) is 6.93. The number of methoxy groups -OCH3 is 1. The zero-order chi connectivity index (χ0) is 16.6. The van der Waals surface area contributed by atoms with Gasteiger partial charge in [-0.15, -0.1) is 0 Å². The first kappa shape index (κ1) is 14.7. The van der Waals surface area contributed by atoms with Crippen molar-refractivity contribution < 1.29 is 4.74 Å². The average molecular weight is 310 g/mol. The van der Waals surface area contributed by atoms with Crippen LogP contribution in [0.4, 0.5) is 0 Å². The summed E-state index contributed by atoms with van der Waals surface area (Å²) in [6.07, 6.45) is 0. The van der Waals surface area contributed by atoms with Crippen LogP contribution in [0, 0.1) is 18.3 Å². The number of pyridine rings is 1. The number of hydrogen-bond acceptors (Lipinski definition) is 4. The average Bonchev–Trinajstić information content (AvgIpc) is 2.80. The molecule has 0 aliphatic carbocycles. The Hall–Kier alpha value is -3.27. The fourth-order valence-corrected chi connectivity index (χ4v) is 2.59. The molecule has 7 heteroatoms. The molecule has 0 amide bonds. The number of hydrogen-bond donors (Lipinski definition) is 1. The van der Waals surface area contributed by atoms with Crippen molar-refractivity contribution in [1.82, 2.24) is 14.1 Å². The van der Waals surface area contributed by atoms with E-state index in [-0.39, 0.29) is 17.5 Å². The molecule has 3 aromatic rings. The lowest BCUT2D eigenvalue weighted by atomic mass is 10.3. The van der Waals surface area contributed by atoms with Crippen LogP contribution < -0.4 is 15.9 Å². The van der Waals surface area contributed by atoms with Gasteiger partial charge in [0.15, 0.2) is 0 Å². The number of aryl methyl sites for hydroxylation is 1. The molecule has 0 fully saturated rings. The number of aromatic nitrogens is 3. The highest BCUT2D eigenvalue weighted by Gasteiger charge is 2.18. The molecular weight excluding hydrogens is 296 g/mol. The van der Waals surface area contributed by atoms with Crippen LogP contribution in [-0.2, 0) is 6.54 Å². The summed E-state index contributed by atoms with van der Waals surface area (Å²) in [6, 6.07) is 10.2. The van der Waals surface area contributed by atoms with Crippen LogP contribution in [0.3, 0.4) is 0 Å². The quantitative estimate of drug-likeness (QED) is 0.789. The molecule has 7 nitrogen and oxygen atoms in total. The molecule has 2 aromatic heterocycles. The van der Waals surface area contributed by atoms with Gasteiger partial charge in [0.1, 0.15) is 23.5 Å². The zero-order valence-electron chi connectivity index (χ0n) is 12.7. The maximum Gasteiger partial charge on any atom is 0.335 e. The van der Waals surface area contributed by atoms with E-state index in [1.54, 1.807) is 38.3 Å². The normalized spacial score (nSPS) is 10.7. The van der Waals surface area contributed by atoms with Crippen LogP contribution in [-0.4, -0.2) is 21.2 Å². The molecule has 0 bridgehead atoms. The number of imidazole rings is 1. The van der Waals surface area contributed by atoms with E-state index in [0.717, 1.165) is 0 Å². The molecule has 3 rings (SSSR count). The monoisotopic (exact) mass is 310 g/mol. The van der Waals surface area contributed by atoms with Crippen molar-refractivity contribution in [2.75, 3.05) is 7.11 Å². The molecule has 116 valence electrons. The number of ether oxygens (including phenoxy) is 1. The van der Waals surface area contributed by atoms with E-state index in [4.69, 9.17) is 10.00 Å². The molecule has 23 heavy (non-hydrogen) atoms. The summed E-state index contributed by atoms with van der Waals surface area (Å²) in [5.74, 6) is 0.659. The molecular formula is C16H14N4O3. The van der Waals surface area contributed by atoms with Gasteiger partial charge in [-0.1, -0.05) is 0 Å². The molecule has 1 N–H and O–H groups in total. The van der Waals surface area contributed by atoms with Gasteiger partial charge < -0.3 is 9.72 Å². The van der Waals surface area contributed by atoms with Crippen molar-refractivity contribution in [2.45, 2.75) is 13.5 Å². The summed E-state index contributed by atoms with van der Waals surface area (Å²) in [7, 11) is 1.56. The SMILES string of the molecule is COc1ccc(-n2c(=O)n(CC#N)c3c(=O)cc(C)[nH]c32)cc1. The third-order valence-electron chi connectivity index (χ3n) is 3.60. The van der Waals surface area contributed by atoms with Gasteiger partial charge in [0.2, 0.25) is 5.43 Å². The lowest BCUT2D eigenvalue weighted by Crippen LogP contribution is -2.23. The fourth-order valence-electron chi connectivity index (χ4n) is 2.59. The van der Waals surface area contributed by atoms with E-state index in [9.17, 15) is 9.59 Å². The van der Waals surface area contributed by atoms with Gasteiger partial charge in [-0.2, -0.15) is 5.26 Å². The van der Waals surface area contributed by atoms with Crippen molar-refractivity contribution in [1.29, 1.82) is 5.26 Å². The molecule has 0 spiro atoms. The first-order chi connectivity index (χ1) is 11.1. The van der Waals surface area contributed by atoms with Crippen LogP contribution in [0.1, 0.15) is 5.69 Å². The highest BCUT2D eigenvalue weighted by atomic mass is 16.5. The lowest BCUT2D eigenvalue weighted by molar-refractivity contribution is 0.414. The Labute approximate surface area is 131 Å². The Kier molecular flexibility index (Phi) is 3.50. The molecule has 0 radical (unpaired) electrons. The number of nitrogens with zero attached hydrogens (tertiary/aromatic N) is 3. The van der Waals surface area contributed by atoms with Gasteiger partial charge >= 0.3 is 5.69 Å². The number of benzene rings is 1. The molecule has 1 aromatic carbocycles. The van der Waals surface area contributed by atoms with Crippen LogP contribution in [0.25, 0.3) is 16.9 Å². The van der Waals surface area contributed by atoms with Gasteiger partial charge in [0, 0.05) is 11.8 Å². The van der Waals surface area contributed by atoms with Crippen LogP contribution >= 0.6 is 0 Å². The summed E-state index contributed by atoms with van der Waals surface area (Å²) < 4.78 is 7.68. The Balaban J connectivity index is 2.40. The minimum atomic E-state index is -0.439. The summed E-state index contributed by atoms with van der Waals surface area (Å²) in [6.45, 7) is 1.55. The molecule has 0 aliphatic heterocycles. The number of fused-ring (bicyclic) bond motifs is 1. The van der Waals surface area contributed by atoms with Crippen molar-refractivity contribution >= 4 is 11.2 Å². The molecule has 0 saturated carbocycles. The zero-order valence-corrected chi connectivity index (χ0v) is 12.7. The van der Waals surface area contributed by atoms with Gasteiger partial charge in [-0.25, -0.2) is 9.36 Å². The Bertz CT molecular complexity index is 1030. The lowest BCUT2D eigenvalue weighted by Gasteiger charge is -2.05. The number of aromatic amines is 1. The summed E-state index contributed by atoms with van der Waals surface area (Å²) in [5, 5.41) is 8.95. The Morgan fingerprint density at radius 3 is 2.57 bits per heavy atom. The predicted octanol–water partition coefficient (Wildman–Crippen LogP) is 1.32. The first-order valence-corrected chi connectivity index (χ1v) is 6.93.